The number of hydrogen-bond donors (Lipinski definition) is 2. The first kappa shape index (κ1) is 17.5. The second-order valence-corrected chi connectivity index (χ2v) is 6.97. The summed E-state index contributed by atoms with van der Waals surface area (Å²) < 4.78 is 30.3. The third-order valence-electron chi connectivity index (χ3n) is 2.97. The van der Waals surface area contributed by atoms with Gasteiger partial charge >= 0.3 is 5.97 Å². The number of ether oxygens (including phenoxy) is 1. The summed E-state index contributed by atoms with van der Waals surface area (Å²) in [4.78, 5) is 11.9. The van der Waals surface area contributed by atoms with Gasteiger partial charge in [0.1, 0.15) is 6.04 Å². The van der Waals surface area contributed by atoms with Gasteiger partial charge in [0, 0.05) is 5.69 Å². The number of hydrogen-bond acceptors (Lipinski definition) is 5. The van der Waals surface area contributed by atoms with Gasteiger partial charge < -0.3 is 10.1 Å². The van der Waals surface area contributed by atoms with E-state index in [0.29, 0.717) is 18.0 Å². The maximum absolute atomic E-state index is 11.7. The van der Waals surface area contributed by atoms with E-state index >= 15 is 0 Å². The Hall–Kier alpha value is -1.60. The van der Waals surface area contributed by atoms with Crippen molar-refractivity contribution in [1.29, 1.82) is 0 Å². The van der Waals surface area contributed by atoms with Crippen LogP contribution in [-0.2, 0) is 19.6 Å². The van der Waals surface area contributed by atoms with Gasteiger partial charge in [0.2, 0.25) is 10.0 Å². The molecule has 0 heterocycles. The summed E-state index contributed by atoms with van der Waals surface area (Å²) in [6.45, 7) is 4.03. The third kappa shape index (κ3) is 5.02. The van der Waals surface area contributed by atoms with Crippen LogP contribution < -0.4 is 10.0 Å². The van der Waals surface area contributed by atoms with Crippen LogP contribution in [0.4, 0.5) is 5.69 Å². The molecule has 0 fully saturated rings. The Morgan fingerprint density at radius 1 is 1.24 bits per heavy atom. The molecule has 21 heavy (non-hydrogen) atoms. The Balaban J connectivity index is 2.88. The molecule has 0 aliphatic rings. The first-order chi connectivity index (χ1) is 9.80. The van der Waals surface area contributed by atoms with E-state index in [1.54, 1.807) is 12.1 Å². The minimum Gasteiger partial charge on any atom is -0.467 e. The monoisotopic (exact) mass is 314 g/mol. The highest BCUT2D eigenvalue weighted by atomic mass is 32.2. The van der Waals surface area contributed by atoms with Crippen LogP contribution >= 0.6 is 0 Å². The lowest BCUT2D eigenvalue weighted by molar-refractivity contribution is -0.141. The summed E-state index contributed by atoms with van der Waals surface area (Å²) in [5.74, 6) is -0.0128. The molecule has 1 aromatic carbocycles. The minimum atomic E-state index is -3.45. The molecule has 0 spiro atoms. The second kappa shape index (κ2) is 7.42. The van der Waals surface area contributed by atoms with Crippen LogP contribution in [-0.4, -0.2) is 34.6 Å². The normalized spacial score (nSPS) is 13.0. The van der Waals surface area contributed by atoms with Crippen molar-refractivity contribution >= 4 is 21.7 Å². The number of benzene rings is 1. The lowest BCUT2D eigenvalue weighted by Gasteiger charge is -2.19. The number of sulfonamides is 1. The fourth-order valence-corrected chi connectivity index (χ4v) is 2.61. The standard InChI is InChI=1S/C14H22N2O4S/c1-10(2)9-13(14(17)20-4)16-11-5-7-12(8-6-11)21(18,19)15-3/h5-8,10,13,15-16H,9H2,1-4H3. The van der Waals surface area contributed by atoms with Crippen LogP contribution in [0.5, 0.6) is 0 Å². The van der Waals surface area contributed by atoms with Crippen LogP contribution in [0.15, 0.2) is 29.2 Å². The summed E-state index contributed by atoms with van der Waals surface area (Å²) in [5, 5.41) is 3.07. The Bertz CT molecular complexity index is 567. The largest absolute Gasteiger partial charge is 0.467 e. The molecule has 1 atom stereocenters. The van der Waals surface area contributed by atoms with Crippen LogP contribution in [0.1, 0.15) is 20.3 Å². The smallest absolute Gasteiger partial charge is 0.328 e. The molecule has 0 aromatic heterocycles. The van der Waals surface area contributed by atoms with Gasteiger partial charge in [-0.3, -0.25) is 0 Å². The molecule has 1 aromatic rings. The first-order valence-electron chi connectivity index (χ1n) is 6.68. The van der Waals surface area contributed by atoms with Gasteiger partial charge in [-0.15, -0.1) is 0 Å². The van der Waals surface area contributed by atoms with E-state index in [0.717, 1.165) is 0 Å². The number of methoxy groups -OCH3 is 1. The van der Waals surface area contributed by atoms with E-state index in [9.17, 15) is 13.2 Å². The molecule has 0 aliphatic carbocycles. The van der Waals surface area contributed by atoms with E-state index < -0.39 is 16.1 Å². The molecule has 0 aliphatic heterocycles. The molecule has 0 bridgehead atoms. The number of carbonyl (C=O) groups excluding carboxylic acids is 1. The number of esters is 1. The molecule has 118 valence electrons. The topological polar surface area (TPSA) is 84.5 Å². The molecule has 0 saturated heterocycles. The van der Waals surface area contributed by atoms with Gasteiger partial charge in [0.15, 0.2) is 0 Å². The molecular formula is C14H22N2O4S. The first-order valence-corrected chi connectivity index (χ1v) is 8.16. The van der Waals surface area contributed by atoms with Crippen molar-refractivity contribution in [3.05, 3.63) is 24.3 Å². The zero-order valence-electron chi connectivity index (χ0n) is 12.7. The molecule has 1 unspecified atom stereocenters. The van der Waals surface area contributed by atoms with Gasteiger partial charge in [-0.1, -0.05) is 13.8 Å². The summed E-state index contributed by atoms with van der Waals surface area (Å²) in [5.41, 5.74) is 0.668. The van der Waals surface area contributed by atoms with Gasteiger partial charge in [-0.2, -0.15) is 0 Å². The summed E-state index contributed by atoms with van der Waals surface area (Å²) in [7, 11) is -0.747. The van der Waals surface area contributed by atoms with Crippen molar-refractivity contribution in [1.82, 2.24) is 4.72 Å². The van der Waals surface area contributed by atoms with E-state index in [2.05, 4.69) is 10.0 Å². The molecular weight excluding hydrogens is 292 g/mol. The Morgan fingerprint density at radius 3 is 2.24 bits per heavy atom. The number of rotatable bonds is 7. The lowest BCUT2D eigenvalue weighted by Crippen LogP contribution is -2.32. The van der Waals surface area contributed by atoms with E-state index in [1.165, 1.54) is 26.3 Å². The van der Waals surface area contributed by atoms with Crippen molar-refractivity contribution in [3.8, 4) is 0 Å². The highest BCUT2D eigenvalue weighted by Gasteiger charge is 2.20. The van der Waals surface area contributed by atoms with Crippen LogP contribution in [0.3, 0.4) is 0 Å². The van der Waals surface area contributed by atoms with Gasteiger partial charge in [-0.05, 0) is 43.7 Å². The quantitative estimate of drug-likeness (QED) is 0.747. The van der Waals surface area contributed by atoms with Crippen LogP contribution in [0.2, 0.25) is 0 Å². The van der Waals surface area contributed by atoms with Crippen LogP contribution in [0.25, 0.3) is 0 Å². The summed E-state index contributed by atoms with van der Waals surface area (Å²) in [6.07, 6.45) is 0.628. The zero-order valence-corrected chi connectivity index (χ0v) is 13.5. The Labute approximate surface area is 125 Å². The Morgan fingerprint density at radius 2 is 1.81 bits per heavy atom. The Kier molecular flexibility index (Phi) is 6.17. The van der Waals surface area contributed by atoms with E-state index in [4.69, 9.17) is 4.74 Å². The maximum Gasteiger partial charge on any atom is 0.328 e. The van der Waals surface area contributed by atoms with Gasteiger partial charge in [0.25, 0.3) is 0 Å². The molecule has 7 heteroatoms. The van der Waals surface area contributed by atoms with Crippen molar-refractivity contribution in [2.24, 2.45) is 5.92 Å². The summed E-state index contributed by atoms with van der Waals surface area (Å²) in [6, 6.07) is 5.76. The van der Waals surface area contributed by atoms with Gasteiger partial charge in [0.05, 0.1) is 12.0 Å². The fourth-order valence-electron chi connectivity index (χ4n) is 1.88. The van der Waals surface area contributed by atoms with E-state index in [-0.39, 0.29) is 10.9 Å². The predicted octanol–water partition coefficient (Wildman–Crippen LogP) is 1.59. The third-order valence-corrected chi connectivity index (χ3v) is 4.40. The molecule has 0 saturated carbocycles. The highest BCUT2D eigenvalue weighted by molar-refractivity contribution is 7.89. The molecule has 2 N–H and O–H groups in total. The summed E-state index contributed by atoms with van der Waals surface area (Å²) >= 11 is 0. The number of anilines is 1. The fraction of sp³-hybridized carbons (Fsp3) is 0.500. The van der Waals surface area contributed by atoms with Crippen LogP contribution in [0, 0.1) is 5.92 Å². The molecule has 1 rings (SSSR count). The second-order valence-electron chi connectivity index (χ2n) is 5.08. The lowest BCUT2D eigenvalue weighted by atomic mass is 10.0. The molecule has 0 radical (unpaired) electrons. The average molecular weight is 314 g/mol. The number of nitrogens with one attached hydrogen (secondary N) is 2. The average Bonchev–Trinajstić information content (AvgIpc) is 2.45. The van der Waals surface area contributed by atoms with Crippen molar-refractivity contribution in [2.75, 3.05) is 19.5 Å². The SMILES string of the molecule is CNS(=O)(=O)c1ccc(NC(CC(C)C)C(=O)OC)cc1. The van der Waals surface area contributed by atoms with Crippen molar-refractivity contribution in [2.45, 2.75) is 31.2 Å². The minimum absolute atomic E-state index is 0.175. The van der Waals surface area contributed by atoms with Gasteiger partial charge in [-0.25, -0.2) is 17.9 Å². The van der Waals surface area contributed by atoms with Crippen molar-refractivity contribution in [3.63, 3.8) is 0 Å². The van der Waals surface area contributed by atoms with E-state index in [1.807, 2.05) is 13.8 Å². The zero-order chi connectivity index (χ0) is 16.0. The van der Waals surface area contributed by atoms with Crippen molar-refractivity contribution < 1.29 is 17.9 Å². The molecule has 6 nitrogen and oxygen atoms in total. The molecule has 0 amide bonds. The number of carbonyl (C=O) groups is 1. The maximum atomic E-state index is 11.7. The predicted molar refractivity (Wildman–Crippen MR) is 81.6 cm³/mol. The highest BCUT2D eigenvalue weighted by Crippen LogP contribution is 2.17.